The molecule has 1 unspecified atom stereocenters. The van der Waals surface area contributed by atoms with Crippen LogP contribution in [0.2, 0.25) is 0 Å². The Bertz CT molecular complexity index is 332. The molecular formula is C12H17NO2. The molecule has 1 atom stereocenters. The van der Waals surface area contributed by atoms with Crippen molar-refractivity contribution in [3.05, 3.63) is 23.7 Å². The van der Waals surface area contributed by atoms with Crippen LogP contribution >= 0.6 is 0 Å². The van der Waals surface area contributed by atoms with E-state index in [1.54, 1.807) is 6.07 Å². The van der Waals surface area contributed by atoms with Crippen molar-refractivity contribution in [2.24, 2.45) is 5.92 Å². The molecule has 1 aromatic rings. The lowest BCUT2D eigenvalue weighted by atomic mass is 10.0. The fraction of sp³-hybridized carbons (Fsp3) is 0.583. The number of hydrogen-bond donors (Lipinski definition) is 0. The molecule has 0 spiro atoms. The smallest absolute Gasteiger partial charge is 0.185 e. The third kappa shape index (κ3) is 2.69. The average molecular weight is 207 g/mol. The van der Waals surface area contributed by atoms with Gasteiger partial charge in [0.25, 0.3) is 0 Å². The summed E-state index contributed by atoms with van der Waals surface area (Å²) >= 11 is 0. The lowest BCUT2D eigenvalue weighted by Crippen LogP contribution is -2.33. The van der Waals surface area contributed by atoms with Gasteiger partial charge >= 0.3 is 0 Å². The third-order valence-corrected chi connectivity index (χ3v) is 2.92. The quantitative estimate of drug-likeness (QED) is 0.713. The molecule has 1 saturated heterocycles. The zero-order valence-electron chi connectivity index (χ0n) is 9.11. The maximum Gasteiger partial charge on any atom is 0.185 e. The van der Waals surface area contributed by atoms with Crippen molar-refractivity contribution >= 4 is 6.29 Å². The first-order chi connectivity index (χ1) is 7.28. The van der Waals surface area contributed by atoms with Crippen molar-refractivity contribution in [3.63, 3.8) is 0 Å². The van der Waals surface area contributed by atoms with Gasteiger partial charge in [-0.3, -0.25) is 9.69 Å². The first-order valence-corrected chi connectivity index (χ1v) is 5.54. The van der Waals surface area contributed by atoms with E-state index in [-0.39, 0.29) is 0 Å². The second-order valence-electron chi connectivity index (χ2n) is 4.40. The van der Waals surface area contributed by atoms with Crippen LogP contribution in [0.4, 0.5) is 0 Å². The number of aldehydes is 1. The molecule has 0 saturated carbocycles. The summed E-state index contributed by atoms with van der Waals surface area (Å²) in [6.45, 7) is 5.39. The summed E-state index contributed by atoms with van der Waals surface area (Å²) in [7, 11) is 0. The maximum absolute atomic E-state index is 10.5. The summed E-state index contributed by atoms with van der Waals surface area (Å²) in [4.78, 5) is 12.8. The van der Waals surface area contributed by atoms with Gasteiger partial charge in [-0.15, -0.1) is 0 Å². The van der Waals surface area contributed by atoms with Crippen LogP contribution in [0, 0.1) is 5.92 Å². The molecule has 3 heteroatoms. The monoisotopic (exact) mass is 207 g/mol. The summed E-state index contributed by atoms with van der Waals surface area (Å²) in [6.07, 6.45) is 3.35. The predicted molar refractivity (Wildman–Crippen MR) is 57.8 cm³/mol. The van der Waals surface area contributed by atoms with E-state index in [0.29, 0.717) is 5.76 Å². The van der Waals surface area contributed by atoms with Crippen LogP contribution in [0.1, 0.15) is 36.1 Å². The third-order valence-electron chi connectivity index (χ3n) is 2.92. The molecule has 0 aromatic carbocycles. The highest BCUT2D eigenvalue weighted by Gasteiger charge is 2.17. The molecule has 0 radical (unpaired) electrons. The number of nitrogens with zero attached hydrogens (tertiary/aromatic N) is 1. The number of piperidine rings is 1. The largest absolute Gasteiger partial charge is 0.457 e. The molecule has 0 amide bonds. The number of carbonyl (C=O) groups is 1. The number of carbonyl (C=O) groups excluding carboxylic acids is 1. The second-order valence-corrected chi connectivity index (χ2v) is 4.40. The van der Waals surface area contributed by atoms with Gasteiger partial charge < -0.3 is 4.42 Å². The molecule has 2 heterocycles. The van der Waals surface area contributed by atoms with Gasteiger partial charge in [0.2, 0.25) is 0 Å². The van der Waals surface area contributed by atoms with Crippen molar-refractivity contribution < 1.29 is 9.21 Å². The number of furan rings is 1. The minimum atomic E-state index is 0.426. The van der Waals surface area contributed by atoms with Crippen molar-refractivity contribution in [2.45, 2.75) is 26.3 Å². The van der Waals surface area contributed by atoms with Gasteiger partial charge in [0.1, 0.15) is 5.76 Å². The topological polar surface area (TPSA) is 33.5 Å². The van der Waals surface area contributed by atoms with Crippen molar-refractivity contribution in [1.82, 2.24) is 4.90 Å². The van der Waals surface area contributed by atoms with E-state index in [1.807, 2.05) is 6.07 Å². The number of likely N-dealkylation sites (tertiary alicyclic amines) is 1. The molecule has 0 bridgehead atoms. The van der Waals surface area contributed by atoms with Crippen LogP contribution in [0.5, 0.6) is 0 Å². The van der Waals surface area contributed by atoms with Crippen molar-refractivity contribution in [1.29, 1.82) is 0 Å². The van der Waals surface area contributed by atoms with Gasteiger partial charge in [-0.25, -0.2) is 0 Å². The highest BCUT2D eigenvalue weighted by molar-refractivity contribution is 5.70. The highest BCUT2D eigenvalue weighted by Crippen LogP contribution is 2.18. The minimum Gasteiger partial charge on any atom is -0.457 e. The Morgan fingerprint density at radius 3 is 3.13 bits per heavy atom. The average Bonchev–Trinajstić information content (AvgIpc) is 2.65. The standard InChI is InChI=1S/C12H17NO2/c1-10-3-2-6-13(7-10)8-11-4-5-12(9-14)15-11/h4-5,9-10H,2-3,6-8H2,1H3. The van der Waals surface area contributed by atoms with Gasteiger partial charge in [0.15, 0.2) is 12.0 Å². The fourth-order valence-corrected chi connectivity index (χ4v) is 2.19. The maximum atomic E-state index is 10.5. The summed E-state index contributed by atoms with van der Waals surface area (Å²) in [5.74, 6) is 2.10. The van der Waals surface area contributed by atoms with Crippen LogP contribution in [0.15, 0.2) is 16.5 Å². The SMILES string of the molecule is CC1CCCN(Cc2ccc(C=O)o2)C1. The Morgan fingerprint density at radius 2 is 2.47 bits per heavy atom. The van der Waals surface area contributed by atoms with E-state index in [0.717, 1.165) is 37.6 Å². The Morgan fingerprint density at radius 1 is 1.60 bits per heavy atom. The first-order valence-electron chi connectivity index (χ1n) is 5.54. The molecule has 0 aliphatic carbocycles. The number of rotatable bonds is 3. The molecular weight excluding hydrogens is 190 g/mol. The lowest BCUT2D eigenvalue weighted by molar-refractivity contribution is 0.109. The zero-order chi connectivity index (χ0) is 10.7. The highest BCUT2D eigenvalue weighted by atomic mass is 16.3. The Labute approximate surface area is 90.1 Å². The molecule has 1 aliphatic rings. The first kappa shape index (κ1) is 10.4. The van der Waals surface area contributed by atoms with Crippen LogP contribution in [-0.4, -0.2) is 24.3 Å². The van der Waals surface area contributed by atoms with Crippen LogP contribution < -0.4 is 0 Å². The van der Waals surface area contributed by atoms with Gasteiger partial charge in [0, 0.05) is 6.54 Å². The van der Waals surface area contributed by atoms with E-state index in [2.05, 4.69) is 11.8 Å². The van der Waals surface area contributed by atoms with Crippen LogP contribution in [0.3, 0.4) is 0 Å². The second kappa shape index (κ2) is 4.62. The lowest BCUT2D eigenvalue weighted by Gasteiger charge is -2.29. The van der Waals surface area contributed by atoms with E-state index >= 15 is 0 Å². The normalized spacial score (nSPS) is 22.9. The van der Waals surface area contributed by atoms with E-state index in [1.165, 1.54) is 12.8 Å². The molecule has 0 N–H and O–H groups in total. The summed E-state index contributed by atoms with van der Waals surface area (Å²) in [6, 6.07) is 3.62. The molecule has 1 fully saturated rings. The van der Waals surface area contributed by atoms with Crippen LogP contribution in [-0.2, 0) is 6.54 Å². The molecule has 1 aliphatic heterocycles. The van der Waals surface area contributed by atoms with Gasteiger partial charge in [-0.2, -0.15) is 0 Å². The summed E-state index contributed by atoms with van der Waals surface area (Å²) < 4.78 is 5.36. The fourth-order valence-electron chi connectivity index (χ4n) is 2.19. The molecule has 15 heavy (non-hydrogen) atoms. The summed E-state index contributed by atoms with van der Waals surface area (Å²) in [5.41, 5.74) is 0. The Balaban J connectivity index is 1.92. The Hall–Kier alpha value is -1.09. The molecule has 1 aromatic heterocycles. The van der Waals surface area contributed by atoms with E-state index < -0.39 is 0 Å². The van der Waals surface area contributed by atoms with Crippen LogP contribution in [0.25, 0.3) is 0 Å². The Kier molecular flexibility index (Phi) is 3.21. The molecule has 3 nitrogen and oxygen atoms in total. The van der Waals surface area contributed by atoms with E-state index in [4.69, 9.17) is 4.42 Å². The minimum absolute atomic E-state index is 0.426. The van der Waals surface area contributed by atoms with E-state index in [9.17, 15) is 4.79 Å². The van der Waals surface area contributed by atoms with Gasteiger partial charge in [-0.05, 0) is 37.4 Å². The summed E-state index contributed by atoms with van der Waals surface area (Å²) in [5, 5.41) is 0. The molecule has 2 rings (SSSR count). The van der Waals surface area contributed by atoms with Gasteiger partial charge in [-0.1, -0.05) is 6.92 Å². The van der Waals surface area contributed by atoms with Gasteiger partial charge in [0.05, 0.1) is 6.54 Å². The zero-order valence-corrected chi connectivity index (χ0v) is 9.11. The van der Waals surface area contributed by atoms with Crippen molar-refractivity contribution in [3.8, 4) is 0 Å². The molecule has 82 valence electrons. The predicted octanol–water partition coefficient (Wildman–Crippen LogP) is 2.32. The number of hydrogen-bond acceptors (Lipinski definition) is 3. The van der Waals surface area contributed by atoms with Crippen molar-refractivity contribution in [2.75, 3.05) is 13.1 Å².